The molecule has 0 fully saturated rings. The van der Waals surface area contributed by atoms with Crippen LogP contribution >= 0.6 is 33.4 Å². The van der Waals surface area contributed by atoms with Crippen LogP contribution in [0.4, 0.5) is 0 Å². The first-order valence-corrected chi connectivity index (χ1v) is 10.8. The quantitative estimate of drug-likeness (QED) is 0.550. The van der Waals surface area contributed by atoms with Crippen molar-refractivity contribution in [3.05, 3.63) is 39.4 Å². The van der Waals surface area contributed by atoms with Crippen LogP contribution in [0.5, 0.6) is 0 Å². The van der Waals surface area contributed by atoms with E-state index in [9.17, 15) is 18.0 Å². The number of halogens is 1. The Balaban J connectivity index is 0.000000254. The maximum Gasteiger partial charge on any atom is 0.339 e. The van der Waals surface area contributed by atoms with Crippen LogP contribution in [0, 0.1) is 0 Å². The van der Waals surface area contributed by atoms with Crippen LogP contribution in [0.1, 0.15) is 34.6 Å². The molecule has 0 bridgehead atoms. The summed E-state index contributed by atoms with van der Waals surface area (Å²) >= 11 is 2.38. The standard InChI is InChI=1S/C7H7ClO4S2.C7H8O2S/c1-2-12-7(9)5-3-6(13-4-5)14(8,10)11;1-2-9-7(8)6-3-4-10-5-6/h3-4H,2H2,1H3;3-5H,2H2,1H3. The highest BCUT2D eigenvalue weighted by Gasteiger charge is 2.16. The molecule has 2 rings (SSSR count). The van der Waals surface area contributed by atoms with Crippen LogP contribution in [-0.2, 0) is 18.5 Å². The molecule has 0 spiro atoms. The van der Waals surface area contributed by atoms with Crippen molar-refractivity contribution >= 4 is 54.3 Å². The average molecular weight is 411 g/mol. The largest absolute Gasteiger partial charge is 0.462 e. The fraction of sp³-hybridized carbons (Fsp3) is 0.286. The summed E-state index contributed by atoms with van der Waals surface area (Å²) in [6.07, 6.45) is 0. The molecular weight excluding hydrogens is 396 g/mol. The van der Waals surface area contributed by atoms with Gasteiger partial charge in [-0.25, -0.2) is 18.0 Å². The number of carbonyl (C=O) groups is 2. The monoisotopic (exact) mass is 410 g/mol. The van der Waals surface area contributed by atoms with E-state index in [2.05, 4.69) is 4.74 Å². The van der Waals surface area contributed by atoms with Crippen molar-refractivity contribution in [2.45, 2.75) is 18.1 Å². The van der Waals surface area contributed by atoms with E-state index in [0.717, 1.165) is 11.3 Å². The Morgan fingerprint density at radius 1 is 1.08 bits per heavy atom. The van der Waals surface area contributed by atoms with Gasteiger partial charge in [-0.15, -0.1) is 11.3 Å². The molecule has 24 heavy (non-hydrogen) atoms. The Bertz CT molecular complexity index is 764. The first-order valence-electron chi connectivity index (χ1n) is 6.69. The van der Waals surface area contributed by atoms with Gasteiger partial charge in [-0.1, -0.05) is 0 Å². The van der Waals surface area contributed by atoms with Gasteiger partial charge in [0.1, 0.15) is 4.21 Å². The molecule has 2 heterocycles. The predicted octanol–water partition coefficient (Wildman–Crippen LogP) is 3.78. The van der Waals surface area contributed by atoms with Crippen molar-refractivity contribution in [2.75, 3.05) is 13.2 Å². The molecule has 0 amide bonds. The van der Waals surface area contributed by atoms with Gasteiger partial charge in [0.2, 0.25) is 0 Å². The highest BCUT2D eigenvalue weighted by atomic mass is 35.7. The van der Waals surface area contributed by atoms with Crippen LogP contribution < -0.4 is 0 Å². The van der Waals surface area contributed by atoms with E-state index in [1.54, 1.807) is 25.3 Å². The van der Waals surface area contributed by atoms with Gasteiger partial charge in [-0.05, 0) is 31.4 Å². The summed E-state index contributed by atoms with van der Waals surface area (Å²) in [7, 11) is 1.34. The Morgan fingerprint density at radius 3 is 2.08 bits per heavy atom. The van der Waals surface area contributed by atoms with Crippen molar-refractivity contribution in [2.24, 2.45) is 0 Å². The minimum absolute atomic E-state index is 0.0535. The zero-order chi connectivity index (χ0) is 18.2. The Kier molecular flexibility index (Phi) is 8.40. The fourth-order valence-electron chi connectivity index (χ4n) is 1.36. The number of esters is 2. The van der Waals surface area contributed by atoms with Crippen molar-refractivity contribution in [1.82, 2.24) is 0 Å². The van der Waals surface area contributed by atoms with Gasteiger partial charge in [0.25, 0.3) is 9.05 Å². The van der Waals surface area contributed by atoms with Crippen LogP contribution in [0.2, 0.25) is 0 Å². The normalized spacial score (nSPS) is 10.5. The molecule has 6 nitrogen and oxygen atoms in total. The smallest absolute Gasteiger partial charge is 0.339 e. The zero-order valence-electron chi connectivity index (χ0n) is 12.9. The number of carbonyl (C=O) groups excluding carboxylic acids is 2. The molecule has 0 radical (unpaired) electrons. The maximum atomic E-state index is 11.1. The van der Waals surface area contributed by atoms with Crippen molar-refractivity contribution in [3.8, 4) is 0 Å². The van der Waals surface area contributed by atoms with Crippen molar-refractivity contribution in [3.63, 3.8) is 0 Å². The molecule has 0 aliphatic rings. The number of rotatable bonds is 5. The number of hydrogen-bond acceptors (Lipinski definition) is 8. The minimum atomic E-state index is -3.75. The first-order chi connectivity index (χ1) is 11.3. The summed E-state index contributed by atoms with van der Waals surface area (Å²) in [5.41, 5.74) is 0.850. The fourth-order valence-corrected chi connectivity index (χ4v) is 3.92. The third kappa shape index (κ3) is 6.60. The van der Waals surface area contributed by atoms with E-state index in [1.807, 2.05) is 5.38 Å². The molecule has 0 aliphatic heterocycles. The van der Waals surface area contributed by atoms with Crippen LogP contribution in [0.15, 0.2) is 32.5 Å². The molecule has 2 aromatic heterocycles. The van der Waals surface area contributed by atoms with Gasteiger partial charge in [-0.3, -0.25) is 0 Å². The SMILES string of the molecule is CCOC(=O)c1ccsc1.CCOC(=O)c1csc(S(=O)(=O)Cl)c1. The molecule has 10 heteroatoms. The maximum absolute atomic E-state index is 11.1. The summed E-state index contributed by atoms with van der Waals surface area (Å²) in [6.45, 7) is 4.15. The molecule has 0 N–H and O–H groups in total. The second-order valence-electron chi connectivity index (χ2n) is 4.05. The van der Waals surface area contributed by atoms with Crippen LogP contribution in [-0.4, -0.2) is 33.6 Å². The third-order valence-corrected chi connectivity index (χ3v) is 6.08. The summed E-state index contributed by atoms with van der Waals surface area (Å²) in [5.74, 6) is -0.779. The predicted molar refractivity (Wildman–Crippen MR) is 93.6 cm³/mol. The minimum Gasteiger partial charge on any atom is -0.462 e. The molecule has 0 saturated carbocycles. The number of hydrogen-bond donors (Lipinski definition) is 0. The topological polar surface area (TPSA) is 86.7 Å². The van der Waals surface area contributed by atoms with Gasteiger partial charge in [0.05, 0.1) is 24.3 Å². The lowest BCUT2D eigenvalue weighted by atomic mass is 10.3. The molecule has 0 saturated heterocycles. The summed E-state index contributed by atoms with van der Waals surface area (Å²) in [5, 5.41) is 5.03. The van der Waals surface area contributed by atoms with Crippen LogP contribution in [0.3, 0.4) is 0 Å². The summed E-state index contributed by atoms with van der Waals surface area (Å²) in [4.78, 5) is 22.0. The molecular formula is C14H15ClO6S3. The molecule has 132 valence electrons. The lowest BCUT2D eigenvalue weighted by Gasteiger charge is -1.96. The van der Waals surface area contributed by atoms with Crippen LogP contribution in [0.25, 0.3) is 0 Å². The lowest BCUT2D eigenvalue weighted by molar-refractivity contribution is 0.0517. The van der Waals surface area contributed by atoms with E-state index >= 15 is 0 Å². The van der Waals surface area contributed by atoms with Gasteiger partial charge in [0.15, 0.2) is 0 Å². The molecule has 0 unspecified atom stereocenters. The van der Waals surface area contributed by atoms with E-state index in [-0.39, 0.29) is 22.3 Å². The molecule has 0 aliphatic carbocycles. The Labute approximate surface area is 152 Å². The van der Waals surface area contributed by atoms with Crippen molar-refractivity contribution in [1.29, 1.82) is 0 Å². The third-order valence-electron chi connectivity index (χ3n) is 2.36. The first kappa shape index (κ1) is 20.6. The molecule has 0 aromatic carbocycles. The van der Waals surface area contributed by atoms with Gasteiger partial charge >= 0.3 is 11.9 Å². The number of ether oxygens (including phenoxy) is 2. The van der Waals surface area contributed by atoms with Gasteiger partial charge < -0.3 is 9.47 Å². The highest BCUT2D eigenvalue weighted by Crippen LogP contribution is 2.23. The Hall–Kier alpha value is -1.42. The zero-order valence-corrected chi connectivity index (χ0v) is 16.1. The molecule has 0 atom stereocenters. The average Bonchev–Trinajstić information content (AvgIpc) is 3.20. The van der Waals surface area contributed by atoms with Gasteiger partial charge in [-0.2, -0.15) is 11.3 Å². The second-order valence-corrected chi connectivity index (χ2v) is 8.53. The summed E-state index contributed by atoms with van der Waals surface area (Å²) < 4.78 is 31.1. The second kappa shape index (κ2) is 9.77. The van der Waals surface area contributed by atoms with Crippen molar-refractivity contribution < 1.29 is 27.5 Å². The van der Waals surface area contributed by atoms with E-state index in [0.29, 0.717) is 12.2 Å². The highest BCUT2D eigenvalue weighted by molar-refractivity contribution is 8.15. The number of thiophene rings is 2. The van der Waals surface area contributed by atoms with E-state index in [4.69, 9.17) is 15.4 Å². The summed E-state index contributed by atoms with van der Waals surface area (Å²) in [6, 6.07) is 2.95. The lowest BCUT2D eigenvalue weighted by Crippen LogP contribution is -2.02. The van der Waals surface area contributed by atoms with E-state index in [1.165, 1.54) is 22.8 Å². The Morgan fingerprint density at radius 2 is 1.67 bits per heavy atom. The van der Waals surface area contributed by atoms with E-state index < -0.39 is 15.0 Å². The molecule has 2 aromatic rings. The van der Waals surface area contributed by atoms with Gasteiger partial charge in [0, 0.05) is 21.4 Å².